The first kappa shape index (κ1) is 11.6. The van der Waals surface area contributed by atoms with Crippen molar-refractivity contribution in [2.45, 2.75) is 31.6 Å². The molecule has 0 aliphatic heterocycles. The summed E-state index contributed by atoms with van der Waals surface area (Å²) < 4.78 is 1.82. The molecule has 0 aliphatic rings. The number of hydrogen-bond donors (Lipinski definition) is 1. The fourth-order valence-corrected chi connectivity index (χ4v) is 1.97. The summed E-state index contributed by atoms with van der Waals surface area (Å²) in [4.78, 5) is 0. The van der Waals surface area contributed by atoms with Crippen LogP contribution in [0.1, 0.15) is 19.5 Å². The number of rotatable bonds is 5. The molecule has 14 heavy (non-hydrogen) atoms. The molecule has 4 heteroatoms. The Morgan fingerprint density at radius 2 is 2.29 bits per heavy atom. The molecule has 1 atom stereocenters. The summed E-state index contributed by atoms with van der Waals surface area (Å²) >= 11 is 1.91. The summed E-state index contributed by atoms with van der Waals surface area (Å²) in [6.07, 6.45) is 2.83. The Morgan fingerprint density at radius 3 is 2.79 bits per heavy atom. The second-order valence-electron chi connectivity index (χ2n) is 3.83. The van der Waals surface area contributed by atoms with Crippen molar-refractivity contribution in [3.8, 4) is 0 Å². The first-order valence-corrected chi connectivity index (χ1v) is 5.98. The van der Waals surface area contributed by atoms with Crippen LogP contribution in [0.4, 0.5) is 0 Å². The van der Waals surface area contributed by atoms with Crippen molar-refractivity contribution < 1.29 is 0 Å². The lowest BCUT2D eigenvalue weighted by molar-refractivity contribution is 0.690. The molecule has 0 aromatic carbocycles. The SMILES string of the molecule is CC(C)SCC(N)Cc1ccn(C)n1. The van der Waals surface area contributed by atoms with Gasteiger partial charge in [0.15, 0.2) is 0 Å². The Labute approximate surface area is 90.1 Å². The Bertz CT molecular complexity index is 270. The molecule has 0 aliphatic carbocycles. The fourth-order valence-electron chi connectivity index (χ4n) is 1.22. The third-order valence-electron chi connectivity index (χ3n) is 1.88. The number of nitrogens with zero attached hydrogens (tertiary/aromatic N) is 2. The summed E-state index contributed by atoms with van der Waals surface area (Å²) in [6, 6.07) is 2.25. The van der Waals surface area contributed by atoms with Gasteiger partial charge in [-0.1, -0.05) is 13.8 Å². The minimum atomic E-state index is 0.220. The van der Waals surface area contributed by atoms with Crippen LogP contribution in [0.5, 0.6) is 0 Å². The third kappa shape index (κ3) is 4.15. The smallest absolute Gasteiger partial charge is 0.0640 e. The molecular formula is C10H19N3S. The minimum Gasteiger partial charge on any atom is -0.327 e. The first-order chi connectivity index (χ1) is 6.58. The van der Waals surface area contributed by atoms with Gasteiger partial charge in [0, 0.05) is 31.5 Å². The van der Waals surface area contributed by atoms with Crippen molar-refractivity contribution in [1.82, 2.24) is 9.78 Å². The topological polar surface area (TPSA) is 43.8 Å². The lowest BCUT2D eigenvalue weighted by atomic mass is 10.2. The van der Waals surface area contributed by atoms with Gasteiger partial charge in [0.25, 0.3) is 0 Å². The molecule has 2 N–H and O–H groups in total. The number of nitrogens with two attached hydrogens (primary N) is 1. The molecule has 1 unspecified atom stereocenters. The van der Waals surface area contributed by atoms with Crippen LogP contribution >= 0.6 is 11.8 Å². The van der Waals surface area contributed by atoms with Crippen LogP contribution in [0.15, 0.2) is 12.3 Å². The second-order valence-corrected chi connectivity index (χ2v) is 5.44. The van der Waals surface area contributed by atoms with Gasteiger partial charge in [0.05, 0.1) is 5.69 Å². The lowest BCUT2D eigenvalue weighted by Gasteiger charge is -2.11. The fraction of sp³-hybridized carbons (Fsp3) is 0.700. The van der Waals surface area contributed by atoms with E-state index in [1.54, 1.807) is 0 Å². The highest BCUT2D eigenvalue weighted by Gasteiger charge is 2.07. The van der Waals surface area contributed by atoms with Gasteiger partial charge >= 0.3 is 0 Å². The van der Waals surface area contributed by atoms with E-state index in [-0.39, 0.29) is 6.04 Å². The monoisotopic (exact) mass is 213 g/mol. The summed E-state index contributed by atoms with van der Waals surface area (Å²) in [7, 11) is 1.93. The van der Waals surface area contributed by atoms with Crippen LogP contribution in [0, 0.1) is 0 Å². The number of hydrogen-bond acceptors (Lipinski definition) is 3. The average Bonchev–Trinajstić information content (AvgIpc) is 2.48. The normalized spacial score (nSPS) is 13.5. The molecule has 1 heterocycles. The molecule has 3 nitrogen and oxygen atoms in total. The summed E-state index contributed by atoms with van der Waals surface area (Å²) in [5.74, 6) is 1.01. The standard InChI is InChI=1S/C10H19N3S/c1-8(2)14-7-9(11)6-10-4-5-13(3)12-10/h4-5,8-9H,6-7,11H2,1-3H3. The highest BCUT2D eigenvalue weighted by atomic mass is 32.2. The van der Waals surface area contributed by atoms with E-state index in [0.717, 1.165) is 17.9 Å². The van der Waals surface area contributed by atoms with E-state index in [9.17, 15) is 0 Å². The van der Waals surface area contributed by atoms with Crippen LogP contribution in [0.3, 0.4) is 0 Å². The molecule has 80 valence electrons. The van der Waals surface area contributed by atoms with Crippen molar-refractivity contribution >= 4 is 11.8 Å². The van der Waals surface area contributed by atoms with Crippen molar-refractivity contribution in [2.24, 2.45) is 12.8 Å². The Morgan fingerprint density at radius 1 is 1.57 bits per heavy atom. The third-order valence-corrected chi connectivity index (χ3v) is 3.17. The summed E-state index contributed by atoms with van der Waals surface area (Å²) in [5, 5.41) is 4.96. The summed E-state index contributed by atoms with van der Waals surface area (Å²) in [6.45, 7) is 4.39. The van der Waals surface area contributed by atoms with Crippen molar-refractivity contribution in [2.75, 3.05) is 5.75 Å². The van der Waals surface area contributed by atoms with E-state index in [2.05, 4.69) is 18.9 Å². The molecule has 0 saturated carbocycles. The molecule has 0 radical (unpaired) electrons. The predicted octanol–water partition coefficient (Wildman–Crippen LogP) is 1.43. The second kappa shape index (κ2) is 5.41. The zero-order valence-electron chi connectivity index (χ0n) is 9.10. The van der Waals surface area contributed by atoms with Crippen LogP contribution < -0.4 is 5.73 Å². The van der Waals surface area contributed by atoms with Gasteiger partial charge < -0.3 is 5.73 Å². The van der Waals surface area contributed by atoms with Gasteiger partial charge in [-0.05, 0) is 11.3 Å². The Hall–Kier alpha value is -0.480. The minimum absolute atomic E-state index is 0.220. The van der Waals surface area contributed by atoms with E-state index in [1.165, 1.54) is 0 Å². The molecule has 0 bridgehead atoms. The summed E-state index contributed by atoms with van der Waals surface area (Å²) in [5.41, 5.74) is 7.08. The van der Waals surface area contributed by atoms with Crippen LogP contribution in [0.2, 0.25) is 0 Å². The average molecular weight is 213 g/mol. The van der Waals surface area contributed by atoms with Gasteiger partial charge in [0.2, 0.25) is 0 Å². The van der Waals surface area contributed by atoms with E-state index in [0.29, 0.717) is 5.25 Å². The maximum absolute atomic E-state index is 5.99. The van der Waals surface area contributed by atoms with Gasteiger partial charge in [-0.2, -0.15) is 16.9 Å². The van der Waals surface area contributed by atoms with Crippen LogP contribution in [0.25, 0.3) is 0 Å². The zero-order chi connectivity index (χ0) is 10.6. The van der Waals surface area contributed by atoms with Gasteiger partial charge in [-0.25, -0.2) is 0 Å². The van der Waals surface area contributed by atoms with Crippen LogP contribution in [-0.4, -0.2) is 26.8 Å². The molecular weight excluding hydrogens is 194 g/mol. The molecule has 0 fully saturated rings. The maximum Gasteiger partial charge on any atom is 0.0640 e. The van der Waals surface area contributed by atoms with Gasteiger partial charge in [-0.3, -0.25) is 4.68 Å². The van der Waals surface area contributed by atoms with E-state index in [4.69, 9.17) is 5.73 Å². The quantitative estimate of drug-likeness (QED) is 0.804. The molecule has 0 spiro atoms. The molecule has 1 aromatic heterocycles. The van der Waals surface area contributed by atoms with E-state index >= 15 is 0 Å². The predicted molar refractivity (Wildman–Crippen MR) is 62.5 cm³/mol. The number of thioether (sulfide) groups is 1. The van der Waals surface area contributed by atoms with Crippen molar-refractivity contribution in [3.05, 3.63) is 18.0 Å². The highest BCUT2D eigenvalue weighted by molar-refractivity contribution is 7.99. The Balaban J connectivity index is 2.30. The van der Waals surface area contributed by atoms with Gasteiger partial charge in [-0.15, -0.1) is 0 Å². The largest absolute Gasteiger partial charge is 0.327 e. The molecule has 0 saturated heterocycles. The first-order valence-electron chi connectivity index (χ1n) is 4.93. The molecule has 1 rings (SSSR count). The lowest BCUT2D eigenvalue weighted by Crippen LogP contribution is -2.26. The van der Waals surface area contributed by atoms with Crippen LogP contribution in [-0.2, 0) is 13.5 Å². The number of aromatic nitrogens is 2. The molecule has 1 aromatic rings. The zero-order valence-corrected chi connectivity index (χ0v) is 9.92. The maximum atomic E-state index is 5.99. The van der Waals surface area contributed by atoms with Gasteiger partial charge in [0.1, 0.15) is 0 Å². The number of aryl methyl sites for hydroxylation is 1. The van der Waals surface area contributed by atoms with Crippen molar-refractivity contribution in [1.29, 1.82) is 0 Å². The Kier molecular flexibility index (Phi) is 4.48. The van der Waals surface area contributed by atoms with Crippen molar-refractivity contribution in [3.63, 3.8) is 0 Å². The highest BCUT2D eigenvalue weighted by Crippen LogP contribution is 2.11. The van der Waals surface area contributed by atoms with E-state index in [1.807, 2.05) is 35.8 Å². The van der Waals surface area contributed by atoms with E-state index < -0.39 is 0 Å². The molecule has 0 amide bonds.